The maximum atomic E-state index is 12.4. The number of benzene rings is 1. The predicted molar refractivity (Wildman–Crippen MR) is 105 cm³/mol. The van der Waals surface area contributed by atoms with Crippen molar-refractivity contribution < 1.29 is 14.3 Å². The number of anilines is 1. The number of nitrogens with zero attached hydrogens (tertiary/aromatic N) is 3. The molecule has 0 radical (unpaired) electrons. The number of aromatic nitrogens is 1. The normalized spacial score (nSPS) is 17.7. The minimum absolute atomic E-state index is 0.0778. The van der Waals surface area contributed by atoms with Gasteiger partial charge in [-0.15, -0.1) is 0 Å². The number of carbonyl (C=O) groups is 2. The molecule has 2 amide bonds. The monoisotopic (exact) mass is 388 g/mol. The Morgan fingerprint density at radius 2 is 2.11 bits per heavy atom. The van der Waals surface area contributed by atoms with Crippen molar-refractivity contribution in [3.63, 3.8) is 0 Å². The lowest BCUT2D eigenvalue weighted by Crippen LogP contribution is -2.36. The zero-order valence-electron chi connectivity index (χ0n) is 15.3. The quantitative estimate of drug-likeness (QED) is 0.765. The minimum Gasteiger partial charge on any atom is -0.378 e. The fraction of sp³-hybridized carbons (Fsp3) is 0.526. The Kier molecular flexibility index (Phi) is 5.54. The van der Waals surface area contributed by atoms with E-state index in [9.17, 15) is 9.59 Å². The van der Waals surface area contributed by atoms with E-state index in [0.717, 1.165) is 67.6 Å². The van der Waals surface area contributed by atoms with Crippen molar-refractivity contribution in [2.24, 2.45) is 0 Å². The van der Waals surface area contributed by atoms with Crippen molar-refractivity contribution in [1.29, 1.82) is 0 Å². The number of morpholine rings is 1. The van der Waals surface area contributed by atoms with Gasteiger partial charge in [0.05, 0.1) is 23.4 Å². The van der Waals surface area contributed by atoms with Crippen LogP contribution in [0.3, 0.4) is 0 Å². The summed E-state index contributed by atoms with van der Waals surface area (Å²) in [5.74, 6) is 0.152. The Bertz CT molecular complexity index is 831. The summed E-state index contributed by atoms with van der Waals surface area (Å²) < 4.78 is 6.41. The molecule has 0 bridgehead atoms. The number of hydrogen-bond donors (Lipinski definition) is 1. The third kappa shape index (κ3) is 4.22. The summed E-state index contributed by atoms with van der Waals surface area (Å²) in [7, 11) is 0. The number of ether oxygens (including phenoxy) is 1. The van der Waals surface area contributed by atoms with E-state index in [2.05, 4.69) is 15.2 Å². The van der Waals surface area contributed by atoms with Crippen LogP contribution in [0.2, 0.25) is 0 Å². The maximum Gasteiger partial charge on any atom is 0.251 e. The molecule has 2 aromatic rings. The number of thiazole rings is 1. The first-order chi connectivity index (χ1) is 13.2. The molecule has 3 heterocycles. The van der Waals surface area contributed by atoms with Crippen LogP contribution >= 0.6 is 11.3 Å². The SMILES string of the molecule is O=C(NCCCN1CCCC1=O)c1ccc2nc(N3CCOCC3)sc2c1. The van der Waals surface area contributed by atoms with Crippen molar-refractivity contribution in [2.75, 3.05) is 50.8 Å². The van der Waals surface area contributed by atoms with E-state index in [0.29, 0.717) is 18.5 Å². The molecule has 1 N–H and O–H groups in total. The third-order valence-corrected chi connectivity index (χ3v) is 6.06. The van der Waals surface area contributed by atoms with Crippen LogP contribution in [0.5, 0.6) is 0 Å². The van der Waals surface area contributed by atoms with Crippen molar-refractivity contribution in [1.82, 2.24) is 15.2 Å². The molecular weight excluding hydrogens is 364 g/mol. The molecule has 2 fully saturated rings. The molecule has 0 aliphatic carbocycles. The number of carbonyl (C=O) groups excluding carboxylic acids is 2. The van der Waals surface area contributed by atoms with E-state index >= 15 is 0 Å². The van der Waals surface area contributed by atoms with Crippen molar-refractivity contribution in [2.45, 2.75) is 19.3 Å². The van der Waals surface area contributed by atoms with Gasteiger partial charge in [-0.05, 0) is 31.0 Å². The summed E-state index contributed by atoms with van der Waals surface area (Å²) in [6, 6.07) is 5.65. The molecule has 8 heteroatoms. The molecule has 1 aromatic carbocycles. The van der Waals surface area contributed by atoms with Gasteiger partial charge in [0.15, 0.2) is 5.13 Å². The van der Waals surface area contributed by atoms with Crippen LogP contribution in [0, 0.1) is 0 Å². The van der Waals surface area contributed by atoms with Crippen LogP contribution < -0.4 is 10.2 Å². The average Bonchev–Trinajstić information content (AvgIpc) is 3.31. The van der Waals surface area contributed by atoms with E-state index in [1.807, 2.05) is 23.1 Å². The van der Waals surface area contributed by atoms with Crippen LogP contribution in [0.4, 0.5) is 5.13 Å². The summed E-state index contributed by atoms with van der Waals surface area (Å²) in [5.41, 5.74) is 1.57. The van der Waals surface area contributed by atoms with Crippen LogP contribution in [0.15, 0.2) is 18.2 Å². The Hall–Kier alpha value is -2.19. The zero-order chi connectivity index (χ0) is 18.6. The van der Waals surface area contributed by atoms with Crippen LogP contribution in [-0.2, 0) is 9.53 Å². The highest BCUT2D eigenvalue weighted by Crippen LogP contribution is 2.30. The fourth-order valence-corrected chi connectivity index (χ4v) is 4.51. The van der Waals surface area contributed by atoms with Crippen molar-refractivity contribution in [3.05, 3.63) is 23.8 Å². The molecule has 0 saturated carbocycles. The predicted octanol–water partition coefficient (Wildman–Crippen LogP) is 1.88. The highest BCUT2D eigenvalue weighted by atomic mass is 32.1. The summed E-state index contributed by atoms with van der Waals surface area (Å²) in [5, 5.41) is 3.94. The maximum absolute atomic E-state index is 12.4. The van der Waals surface area contributed by atoms with E-state index in [-0.39, 0.29) is 11.8 Å². The summed E-state index contributed by atoms with van der Waals surface area (Å²) in [6.45, 7) is 5.30. The lowest BCUT2D eigenvalue weighted by Gasteiger charge is -2.25. The lowest BCUT2D eigenvalue weighted by atomic mass is 10.2. The molecule has 2 aliphatic rings. The van der Waals surface area contributed by atoms with E-state index in [1.165, 1.54) is 0 Å². The largest absolute Gasteiger partial charge is 0.378 e. The molecule has 144 valence electrons. The highest BCUT2D eigenvalue weighted by Gasteiger charge is 2.19. The van der Waals surface area contributed by atoms with Gasteiger partial charge in [-0.2, -0.15) is 0 Å². The zero-order valence-corrected chi connectivity index (χ0v) is 16.1. The Morgan fingerprint density at radius 3 is 2.89 bits per heavy atom. The van der Waals surface area contributed by atoms with Gasteiger partial charge in [-0.1, -0.05) is 11.3 Å². The first-order valence-electron chi connectivity index (χ1n) is 9.50. The summed E-state index contributed by atoms with van der Waals surface area (Å²) >= 11 is 1.62. The van der Waals surface area contributed by atoms with Gasteiger partial charge in [0.2, 0.25) is 5.91 Å². The van der Waals surface area contributed by atoms with Crippen molar-refractivity contribution >= 4 is 38.5 Å². The smallest absolute Gasteiger partial charge is 0.251 e. The van der Waals surface area contributed by atoms with Gasteiger partial charge in [0.25, 0.3) is 5.91 Å². The Balaban J connectivity index is 1.33. The topological polar surface area (TPSA) is 74.8 Å². The van der Waals surface area contributed by atoms with Gasteiger partial charge in [0, 0.05) is 44.7 Å². The number of amides is 2. The van der Waals surface area contributed by atoms with E-state index < -0.39 is 0 Å². The molecule has 2 saturated heterocycles. The summed E-state index contributed by atoms with van der Waals surface area (Å²) in [4.78, 5) is 32.8. The molecular formula is C19H24N4O3S. The second-order valence-electron chi connectivity index (χ2n) is 6.87. The fourth-order valence-electron chi connectivity index (χ4n) is 3.46. The molecule has 1 aromatic heterocycles. The van der Waals surface area contributed by atoms with Crippen molar-refractivity contribution in [3.8, 4) is 0 Å². The van der Waals surface area contributed by atoms with Crippen LogP contribution in [0.1, 0.15) is 29.6 Å². The molecule has 0 atom stereocenters. The molecule has 0 unspecified atom stereocenters. The van der Waals surface area contributed by atoms with E-state index in [1.54, 1.807) is 11.3 Å². The Morgan fingerprint density at radius 1 is 1.26 bits per heavy atom. The van der Waals surface area contributed by atoms with Gasteiger partial charge < -0.3 is 19.9 Å². The molecule has 4 rings (SSSR count). The second-order valence-corrected chi connectivity index (χ2v) is 7.88. The number of likely N-dealkylation sites (tertiary alicyclic amines) is 1. The van der Waals surface area contributed by atoms with Gasteiger partial charge in [-0.3, -0.25) is 9.59 Å². The average molecular weight is 388 g/mol. The first kappa shape index (κ1) is 18.2. The number of hydrogen-bond acceptors (Lipinski definition) is 6. The Labute approximate surface area is 162 Å². The standard InChI is InChI=1S/C19H24N4O3S/c24-17-3-1-7-22(17)8-2-6-20-18(25)14-4-5-15-16(13-14)27-19(21-15)23-9-11-26-12-10-23/h4-5,13H,1-3,6-12H2,(H,20,25). The van der Waals surface area contributed by atoms with Gasteiger partial charge in [-0.25, -0.2) is 4.98 Å². The second kappa shape index (κ2) is 8.22. The van der Waals surface area contributed by atoms with Gasteiger partial charge >= 0.3 is 0 Å². The molecule has 2 aliphatic heterocycles. The number of fused-ring (bicyclic) bond motifs is 1. The number of nitrogens with one attached hydrogen (secondary N) is 1. The van der Waals surface area contributed by atoms with Crippen LogP contribution in [-0.4, -0.2) is 67.6 Å². The van der Waals surface area contributed by atoms with Crippen LogP contribution in [0.25, 0.3) is 10.2 Å². The first-order valence-corrected chi connectivity index (χ1v) is 10.3. The highest BCUT2D eigenvalue weighted by molar-refractivity contribution is 7.22. The third-order valence-electron chi connectivity index (χ3n) is 4.98. The molecule has 7 nitrogen and oxygen atoms in total. The summed E-state index contributed by atoms with van der Waals surface area (Å²) in [6.07, 6.45) is 2.39. The molecule has 0 spiro atoms. The van der Waals surface area contributed by atoms with Gasteiger partial charge in [0.1, 0.15) is 0 Å². The molecule has 27 heavy (non-hydrogen) atoms. The lowest BCUT2D eigenvalue weighted by molar-refractivity contribution is -0.127. The minimum atomic E-state index is -0.0778. The number of rotatable bonds is 6. The van der Waals surface area contributed by atoms with E-state index in [4.69, 9.17) is 4.74 Å².